The molecule has 20 heteroatoms. The van der Waals surface area contributed by atoms with E-state index in [0.29, 0.717) is 93.0 Å². The Kier molecular flexibility index (Phi) is 18.9. The fourth-order valence-corrected chi connectivity index (χ4v) is 9.38. The number of carbonyl (C=O) groups is 4. The molecule has 5 aromatic rings. The molecule has 1 aliphatic heterocycles. The number of hydrogen-bond acceptors (Lipinski definition) is 14. The minimum Gasteiger partial charge on any atom is -0.478 e. The first-order chi connectivity index (χ1) is 35.6. The van der Waals surface area contributed by atoms with Gasteiger partial charge in [-0.15, -0.1) is 0 Å². The molecule has 0 bridgehead atoms. The van der Waals surface area contributed by atoms with Crippen LogP contribution in [0.4, 0.5) is 16.0 Å². The van der Waals surface area contributed by atoms with Gasteiger partial charge in [0.05, 0.1) is 50.6 Å². The van der Waals surface area contributed by atoms with Crippen LogP contribution in [0.25, 0.3) is 44.6 Å². The van der Waals surface area contributed by atoms with Crippen molar-refractivity contribution in [3.63, 3.8) is 0 Å². The van der Waals surface area contributed by atoms with E-state index in [1.54, 1.807) is 28.8 Å². The topological polar surface area (TPSA) is 237 Å². The second kappa shape index (κ2) is 25.6. The molecule has 3 heterocycles. The van der Waals surface area contributed by atoms with Gasteiger partial charge in [-0.05, 0) is 73.2 Å². The molecule has 0 saturated heterocycles. The number of halogens is 1. The second-order valence-electron chi connectivity index (χ2n) is 18.1. The predicted octanol–water partition coefficient (Wildman–Crippen LogP) is 6.64. The van der Waals surface area contributed by atoms with E-state index in [1.165, 1.54) is 36.9 Å². The van der Waals surface area contributed by atoms with Crippen LogP contribution >= 0.6 is 11.8 Å². The highest BCUT2D eigenvalue weighted by atomic mass is 32.2. The predicted molar refractivity (Wildman–Crippen MR) is 283 cm³/mol. The number of anilines is 2. The molecule has 2 aliphatic rings. The first-order valence-corrected chi connectivity index (χ1v) is 25.3. The number of hydrogen-bond donors (Lipinski definition) is 4. The number of thioether (sulfide) groups is 1. The third kappa shape index (κ3) is 14.1. The van der Waals surface area contributed by atoms with Crippen LogP contribution in [0, 0.1) is 5.82 Å². The summed E-state index contributed by atoms with van der Waals surface area (Å²) in [7, 11) is 7.77. The quantitative estimate of drug-likeness (QED) is 0.0139. The third-order valence-electron chi connectivity index (χ3n) is 12.2. The minimum atomic E-state index is -1.13. The number of nitrogens with zero attached hydrogens (tertiary/aromatic N) is 5. The van der Waals surface area contributed by atoms with Crippen molar-refractivity contribution in [1.29, 1.82) is 0 Å². The number of amides is 1. The monoisotopic (exact) mass is 1030 g/mol. The fraction of sp³-hybridized carbons (Fsp3) is 0.370. The molecule has 74 heavy (non-hydrogen) atoms. The van der Waals surface area contributed by atoms with Gasteiger partial charge < -0.3 is 39.7 Å². The molecule has 18 nitrogen and oxygen atoms in total. The number of benzene rings is 4. The minimum absolute atomic E-state index is 0.0314. The number of fused-ring (bicyclic) bond motifs is 3. The van der Waals surface area contributed by atoms with Gasteiger partial charge in [0.2, 0.25) is 17.2 Å². The van der Waals surface area contributed by atoms with Gasteiger partial charge >= 0.3 is 5.97 Å². The van der Waals surface area contributed by atoms with Crippen molar-refractivity contribution in [2.75, 3.05) is 84.2 Å². The van der Waals surface area contributed by atoms with Gasteiger partial charge in [-0.3, -0.25) is 28.7 Å². The van der Waals surface area contributed by atoms with Gasteiger partial charge in [0, 0.05) is 92.7 Å². The van der Waals surface area contributed by atoms with Gasteiger partial charge in [0.15, 0.2) is 27.9 Å². The lowest BCUT2D eigenvalue weighted by Gasteiger charge is -2.19. The van der Waals surface area contributed by atoms with E-state index in [1.807, 2.05) is 74.1 Å². The highest BCUT2D eigenvalue weighted by Crippen LogP contribution is 2.42. The molecule has 0 saturated carbocycles. The van der Waals surface area contributed by atoms with E-state index >= 15 is 0 Å². The largest absolute Gasteiger partial charge is 0.478 e. The number of aromatic nitrogens is 4. The van der Waals surface area contributed by atoms with Gasteiger partial charge in [-0.25, -0.2) is 18.7 Å². The number of carboxylic acids is 1. The Bertz CT molecular complexity index is 3240. The summed E-state index contributed by atoms with van der Waals surface area (Å²) in [5.74, 6) is -1.54. The van der Waals surface area contributed by atoms with Gasteiger partial charge in [0.25, 0.3) is 5.56 Å². The summed E-state index contributed by atoms with van der Waals surface area (Å²) >= 11 is 1.18. The molecule has 1 amide bonds. The van der Waals surface area contributed by atoms with Gasteiger partial charge in [-0.1, -0.05) is 36.0 Å². The maximum absolute atomic E-state index is 13.6. The van der Waals surface area contributed by atoms with Crippen LogP contribution in [-0.4, -0.2) is 128 Å². The van der Waals surface area contributed by atoms with E-state index in [-0.39, 0.29) is 65.3 Å². The number of imidazole rings is 1. The number of H-pyrrole nitrogens is 1. The van der Waals surface area contributed by atoms with E-state index < -0.39 is 23.4 Å². The number of rotatable bonds is 27. The molecule has 390 valence electrons. The summed E-state index contributed by atoms with van der Waals surface area (Å²) in [6.07, 6.45) is 2.79. The lowest BCUT2D eigenvalue weighted by Crippen LogP contribution is -2.41. The van der Waals surface area contributed by atoms with E-state index in [2.05, 4.69) is 20.3 Å². The molecular formula is C54H62FN8O10S+. The number of nitrogens with two attached hydrogens (primary N) is 1. The summed E-state index contributed by atoms with van der Waals surface area (Å²) in [4.78, 5) is 77.3. The van der Waals surface area contributed by atoms with Crippen molar-refractivity contribution in [2.45, 2.75) is 63.2 Å². The number of carbonyl (C=O) groups excluding carboxylic acids is 3. The first-order valence-electron chi connectivity index (χ1n) is 24.3. The Balaban J connectivity index is 0.794. The number of unbranched alkanes of at least 4 members (excludes halogenated alkanes) is 2. The smallest absolute Gasteiger partial charge is 0.336 e. The molecule has 0 fully saturated rings. The Labute approximate surface area is 431 Å². The van der Waals surface area contributed by atoms with Crippen LogP contribution in [0.2, 0.25) is 0 Å². The molecule has 0 radical (unpaired) electrons. The number of Topliss-reactive ketones (excluding diaryl/α,β-unsaturated/α-hetero) is 2. The summed E-state index contributed by atoms with van der Waals surface area (Å²) in [6, 6.07) is 21.6. The molecule has 0 spiro atoms. The first kappa shape index (κ1) is 54.5. The fourth-order valence-electron chi connectivity index (χ4n) is 8.33. The van der Waals surface area contributed by atoms with Crippen molar-refractivity contribution in [1.82, 2.24) is 29.4 Å². The normalized spacial score (nSPS) is 11.9. The number of nitrogen functional groups attached to an aromatic ring is 1. The van der Waals surface area contributed by atoms with Crippen LogP contribution in [0.5, 0.6) is 0 Å². The highest BCUT2D eigenvalue weighted by Gasteiger charge is 2.25. The SMILES string of the molecule is CC(=O)N[C@@H](CSc1nc2c(=O)[nH]c(N)nc2n1Cc1ccc(F)cc1)C(=O)CCCCOCCOCCOCCCCC(=O)c1ccc(-c2c3ccc(=[N+](C)C)cc-3oc3cc(N(C)C)ccc23)c(C(=O)O)c1. The van der Waals surface area contributed by atoms with E-state index in [9.17, 15) is 33.5 Å². The third-order valence-corrected chi connectivity index (χ3v) is 13.3. The summed E-state index contributed by atoms with van der Waals surface area (Å²) in [5.41, 5.74) is 10.2. The zero-order valence-electron chi connectivity index (χ0n) is 42.2. The summed E-state index contributed by atoms with van der Waals surface area (Å²) in [5, 5.41) is 15.3. The second-order valence-corrected chi connectivity index (χ2v) is 19.1. The number of aromatic carboxylic acids is 1. The molecule has 3 aromatic carbocycles. The average molecular weight is 1030 g/mol. The van der Waals surface area contributed by atoms with Crippen LogP contribution < -0.4 is 31.4 Å². The Morgan fingerprint density at radius 3 is 2.20 bits per heavy atom. The highest BCUT2D eigenvalue weighted by molar-refractivity contribution is 7.99. The number of carboxylic acid groups (broad SMARTS) is 1. The Morgan fingerprint density at radius 2 is 1.54 bits per heavy atom. The number of aromatic amines is 1. The van der Waals surface area contributed by atoms with Gasteiger partial charge in [0.1, 0.15) is 31.3 Å². The number of ketones is 2. The average Bonchev–Trinajstić information content (AvgIpc) is 3.71. The van der Waals surface area contributed by atoms with E-state index in [4.69, 9.17) is 24.4 Å². The van der Waals surface area contributed by atoms with E-state index in [0.717, 1.165) is 33.1 Å². The number of ether oxygens (including phenoxy) is 3. The zero-order valence-corrected chi connectivity index (χ0v) is 43.0. The lowest BCUT2D eigenvalue weighted by molar-refractivity contribution is -0.126. The van der Waals surface area contributed by atoms with Crippen LogP contribution in [-0.2, 0) is 30.3 Å². The van der Waals surface area contributed by atoms with Crippen LogP contribution in [0.15, 0.2) is 93.2 Å². The van der Waals surface area contributed by atoms with Gasteiger partial charge in [-0.2, -0.15) is 4.98 Å². The molecule has 0 unspecified atom stereocenters. The summed E-state index contributed by atoms with van der Waals surface area (Å²) in [6.45, 7) is 3.84. The molecule has 2 aromatic heterocycles. The molecule has 1 atom stereocenters. The maximum atomic E-state index is 13.6. The van der Waals surface area contributed by atoms with Crippen molar-refractivity contribution >= 4 is 69.0 Å². The lowest BCUT2D eigenvalue weighted by atomic mass is 9.89. The van der Waals surface area contributed by atoms with Crippen LogP contribution in [0.1, 0.15) is 71.7 Å². The zero-order chi connectivity index (χ0) is 52.9. The van der Waals surface area contributed by atoms with Crippen molar-refractivity contribution in [3.05, 3.63) is 117 Å². The molecule has 5 N–H and O–H groups in total. The standard InChI is InChI=1S/C54H61FN8O10S/c1-33(64)57-43(32-74-54-58-49-50(59-53(56)60-51(49)67)63(54)31-34-12-15-36(55)16-13-34)45(66)11-7-9-23-71-25-27-72-26-24-70-22-8-6-10-44(65)35-14-19-39(42(28-35)52(68)69)48-40-20-17-37(61(2)3)29-46(40)73-47-30-38(62(4)5)18-21-41(47)48/h12-21,28-30,43H,6-11,22-27,31-32H2,1-5H3,(H4-,56,57,59,60,64,67,68,69)/p+1/t43-/m0/s1. The Hall–Kier alpha value is -7.26. The van der Waals surface area contributed by atoms with Crippen molar-refractivity contribution < 1.29 is 47.3 Å². The molecule has 1 aliphatic carbocycles. The molecular weight excluding hydrogens is 972 g/mol. The molecule has 7 rings (SSSR count). The van der Waals surface area contributed by atoms with Crippen LogP contribution in [0.3, 0.4) is 0 Å². The number of nitrogens with one attached hydrogen (secondary N) is 2. The summed E-state index contributed by atoms with van der Waals surface area (Å²) < 4.78 is 40.7. The maximum Gasteiger partial charge on any atom is 0.336 e. The van der Waals surface area contributed by atoms with Crippen molar-refractivity contribution in [2.24, 2.45) is 0 Å². The van der Waals surface area contributed by atoms with Crippen molar-refractivity contribution in [3.8, 4) is 22.5 Å². The Morgan fingerprint density at radius 1 is 0.865 bits per heavy atom.